The molecule has 0 aliphatic heterocycles. The molecule has 0 aliphatic carbocycles. The van der Waals surface area contributed by atoms with Crippen LogP contribution in [0.15, 0.2) is 24.3 Å². The number of nitrogens with two attached hydrogens (primary N) is 1. The lowest BCUT2D eigenvalue weighted by Crippen LogP contribution is -2.40. The Labute approximate surface area is 95.3 Å². The van der Waals surface area contributed by atoms with E-state index in [2.05, 4.69) is 6.07 Å². The van der Waals surface area contributed by atoms with E-state index in [1.165, 1.54) is 4.90 Å². The highest BCUT2D eigenvalue weighted by atomic mass is 16.2. The second-order valence-corrected chi connectivity index (χ2v) is 3.81. The Morgan fingerprint density at radius 2 is 2.31 bits per heavy atom. The van der Waals surface area contributed by atoms with Crippen molar-refractivity contribution in [1.29, 1.82) is 5.26 Å². The molecule has 1 aromatic carbocycles. The molecule has 1 aromatic rings. The molecule has 4 heteroatoms. The molecular formula is C12H15N3O. The molecule has 0 saturated heterocycles. The zero-order valence-electron chi connectivity index (χ0n) is 9.47. The molecule has 0 saturated carbocycles. The van der Waals surface area contributed by atoms with Crippen molar-refractivity contribution in [2.75, 3.05) is 7.05 Å². The number of rotatable bonds is 3. The number of carbonyl (C=O) groups is 1. The summed E-state index contributed by atoms with van der Waals surface area (Å²) in [5.41, 5.74) is 6.84. The van der Waals surface area contributed by atoms with E-state index in [-0.39, 0.29) is 6.04 Å². The molecule has 0 heterocycles. The third-order valence-electron chi connectivity index (χ3n) is 2.60. The molecule has 0 aromatic heterocycles. The van der Waals surface area contributed by atoms with Crippen LogP contribution in [0.5, 0.6) is 0 Å². The molecule has 4 nitrogen and oxygen atoms in total. The zero-order valence-corrected chi connectivity index (χ0v) is 9.47. The highest BCUT2D eigenvalue weighted by molar-refractivity contribution is 5.72. The van der Waals surface area contributed by atoms with Gasteiger partial charge in [-0.05, 0) is 31.0 Å². The molecule has 1 unspecified atom stereocenters. The molecule has 2 amide bonds. The van der Waals surface area contributed by atoms with E-state index in [9.17, 15) is 4.79 Å². The molecule has 0 radical (unpaired) electrons. The summed E-state index contributed by atoms with van der Waals surface area (Å²) in [6, 6.07) is 9.02. The number of urea groups is 1. The number of hydrogen-bond acceptors (Lipinski definition) is 2. The smallest absolute Gasteiger partial charge is 0.314 e. The Morgan fingerprint density at radius 3 is 2.88 bits per heavy atom. The number of likely N-dealkylation sites (N-methyl/N-ethyl adjacent to an activating group) is 1. The van der Waals surface area contributed by atoms with Crippen molar-refractivity contribution in [3.05, 3.63) is 35.4 Å². The van der Waals surface area contributed by atoms with Crippen molar-refractivity contribution < 1.29 is 4.79 Å². The molecule has 1 atom stereocenters. The molecule has 16 heavy (non-hydrogen) atoms. The minimum atomic E-state index is -0.441. The van der Waals surface area contributed by atoms with Crippen LogP contribution in [-0.2, 0) is 6.42 Å². The first-order chi connectivity index (χ1) is 7.54. The second-order valence-electron chi connectivity index (χ2n) is 3.81. The number of nitrogens with zero attached hydrogens (tertiary/aromatic N) is 2. The van der Waals surface area contributed by atoms with Gasteiger partial charge < -0.3 is 10.6 Å². The minimum Gasteiger partial charge on any atom is -0.351 e. The predicted octanol–water partition coefficient (Wildman–Crippen LogP) is 1.50. The van der Waals surface area contributed by atoms with E-state index in [1.807, 2.05) is 25.1 Å². The van der Waals surface area contributed by atoms with Gasteiger partial charge in [0.1, 0.15) is 0 Å². The van der Waals surface area contributed by atoms with Gasteiger partial charge in [0.05, 0.1) is 11.6 Å². The minimum absolute atomic E-state index is 0.0199. The van der Waals surface area contributed by atoms with Gasteiger partial charge in [-0.25, -0.2) is 4.79 Å². The van der Waals surface area contributed by atoms with Gasteiger partial charge in [0.2, 0.25) is 0 Å². The average molecular weight is 217 g/mol. The van der Waals surface area contributed by atoms with Gasteiger partial charge in [-0.1, -0.05) is 12.1 Å². The summed E-state index contributed by atoms with van der Waals surface area (Å²) in [6.45, 7) is 1.92. The van der Waals surface area contributed by atoms with Crippen LogP contribution in [0, 0.1) is 11.3 Å². The van der Waals surface area contributed by atoms with Gasteiger partial charge in [-0.3, -0.25) is 0 Å². The lowest BCUT2D eigenvalue weighted by Gasteiger charge is -2.22. The first kappa shape index (κ1) is 12.1. The van der Waals surface area contributed by atoms with Crippen molar-refractivity contribution in [3.63, 3.8) is 0 Å². The number of hydrogen-bond donors (Lipinski definition) is 1. The topological polar surface area (TPSA) is 70.1 Å². The summed E-state index contributed by atoms with van der Waals surface area (Å²) >= 11 is 0. The van der Waals surface area contributed by atoms with Gasteiger partial charge in [0.15, 0.2) is 0 Å². The third kappa shape index (κ3) is 2.99. The quantitative estimate of drug-likeness (QED) is 0.833. The number of amides is 2. The summed E-state index contributed by atoms with van der Waals surface area (Å²) < 4.78 is 0. The Kier molecular flexibility index (Phi) is 3.90. The fraction of sp³-hybridized carbons (Fsp3) is 0.333. The predicted molar refractivity (Wildman–Crippen MR) is 61.7 cm³/mol. The summed E-state index contributed by atoms with van der Waals surface area (Å²) in [4.78, 5) is 12.4. The molecule has 2 N–H and O–H groups in total. The highest BCUT2D eigenvalue weighted by Crippen LogP contribution is 2.09. The van der Waals surface area contributed by atoms with Crippen LogP contribution in [0.4, 0.5) is 4.79 Å². The molecule has 1 rings (SSSR count). The van der Waals surface area contributed by atoms with E-state index >= 15 is 0 Å². The Hall–Kier alpha value is -2.02. The van der Waals surface area contributed by atoms with Crippen LogP contribution in [0.1, 0.15) is 18.1 Å². The first-order valence-corrected chi connectivity index (χ1v) is 5.06. The van der Waals surface area contributed by atoms with E-state index in [4.69, 9.17) is 11.0 Å². The van der Waals surface area contributed by atoms with E-state index in [0.29, 0.717) is 12.0 Å². The average Bonchev–Trinajstić information content (AvgIpc) is 2.28. The van der Waals surface area contributed by atoms with Gasteiger partial charge >= 0.3 is 6.03 Å². The summed E-state index contributed by atoms with van der Waals surface area (Å²) in [6.07, 6.45) is 0.689. The number of nitriles is 1. The molecule has 0 aliphatic rings. The second kappa shape index (κ2) is 5.17. The molecule has 84 valence electrons. The fourth-order valence-electron chi connectivity index (χ4n) is 1.46. The van der Waals surface area contributed by atoms with Gasteiger partial charge in [0.25, 0.3) is 0 Å². The summed E-state index contributed by atoms with van der Waals surface area (Å²) in [5.74, 6) is 0. The van der Waals surface area contributed by atoms with Gasteiger partial charge in [-0.2, -0.15) is 5.26 Å². The van der Waals surface area contributed by atoms with Crippen LogP contribution in [-0.4, -0.2) is 24.0 Å². The molecule has 0 fully saturated rings. The van der Waals surface area contributed by atoms with Crippen LogP contribution in [0.2, 0.25) is 0 Å². The SMILES string of the molecule is CC(Cc1cccc(C#N)c1)N(C)C(N)=O. The van der Waals surface area contributed by atoms with Crippen molar-refractivity contribution in [3.8, 4) is 6.07 Å². The van der Waals surface area contributed by atoms with Crippen molar-refractivity contribution in [2.24, 2.45) is 5.73 Å². The van der Waals surface area contributed by atoms with Crippen molar-refractivity contribution in [2.45, 2.75) is 19.4 Å². The van der Waals surface area contributed by atoms with Gasteiger partial charge in [0, 0.05) is 13.1 Å². The largest absolute Gasteiger partial charge is 0.351 e. The first-order valence-electron chi connectivity index (χ1n) is 5.06. The number of primary amides is 1. The summed E-state index contributed by atoms with van der Waals surface area (Å²) in [5, 5.41) is 8.76. The zero-order chi connectivity index (χ0) is 12.1. The Bertz CT molecular complexity index is 423. The van der Waals surface area contributed by atoms with Crippen molar-refractivity contribution in [1.82, 2.24) is 4.90 Å². The molecule has 0 bridgehead atoms. The molecule has 0 spiro atoms. The normalized spacial score (nSPS) is 11.6. The number of carbonyl (C=O) groups excluding carboxylic acids is 1. The van der Waals surface area contributed by atoms with E-state index < -0.39 is 6.03 Å². The Balaban J connectivity index is 2.73. The van der Waals surface area contributed by atoms with Crippen LogP contribution in [0.25, 0.3) is 0 Å². The Morgan fingerprint density at radius 1 is 1.62 bits per heavy atom. The lowest BCUT2D eigenvalue weighted by molar-refractivity contribution is 0.203. The van der Waals surface area contributed by atoms with E-state index in [0.717, 1.165) is 5.56 Å². The van der Waals surface area contributed by atoms with Crippen LogP contribution >= 0.6 is 0 Å². The van der Waals surface area contributed by atoms with Crippen LogP contribution < -0.4 is 5.73 Å². The third-order valence-corrected chi connectivity index (χ3v) is 2.60. The van der Waals surface area contributed by atoms with Crippen LogP contribution in [0.3, 0.4) is 0 Å². The van der Waals surface area contributed by atoms with Crippen molar-refractivity contribution >= 4 is 6.03 Å². The standard InChI is InChI=1S/C12H15N3O/c1-9(15(2)12(14)16)6-10-4-3-5-11(7-10)8-13/h3-5,7,9H,6H2,1-2H3,(H2,14,16). The van der Waals surface area contributed by atoms with E-state index in [1.54, 1.807) is 13.1 Å². The lowest BCUT2D eigenvalue weighted by atomic mass is 10.0. The van der Waals surface area contributed by atoms with Gasteiger partial charge in [-0.15, -0.1) is 0 Å². The maximum Gasteiger partial charge on any atom is 0.314 e. The fourth-order valence-corrected chi connectivity index (χ4v) is 1.46. The molecular weight excluding hydrogens is 202 g/mol. The number of benzene rings is 1. The maximum absolute atomic E-state index is 10.9. The summed E-state index contributed by atoms with van der Waals surface area (Å²) in [7, 11) is 1.67. The maximum atomic E-state index is 10.9. The monoisotopic (exact) mass is 217 g/mol. The highest BCUT2D eigenvalue weighted by Gasteiger charge is 2.12.